The highest BCUT2D eigenvalue weighted by Crippen LogP contribution is 2.45. The fourth-order valence-corrected chi connectivity index (χ4v) is 10.2. The van der Waals surface area contributed by atoms with E-state index in [9.17, 15) is 0 Å². The average molecular weight is 673 g/mol. The Balaban J connectivity index is 1.18. The summed E-state index contributed by atoms with van der Waals surface area (Å²) in [6, 6.07) is 62.5. The van der Waals surface area contributed by atoms with E-state index in [2.05, 4.69) is 179 Å². The van der Waals surface area contributed by atoms with Gasteiger partial charge >= 0.3 is 0 Å². The predicted octanol–water partition coefficient (Wildman–Crippen LogP) is 14.1. The summed E-state index contributed by atoms with van der Waals surface area (Å²) in [5.74, 6) is 0. The lowest BCUT2D eigenvalue weighted by Crippen LogP contribution is -2.10. The Morgan fingerprint density at radius 1 is 0.360 bits per heavy atom. The molecule has 0 atom stereocenters. The van der Waals surface area contributed by atoms with E-state index in [0.717, 1.165) is 22.7 Å². The molecule has 2 nitrogen and oxygen atoms in total. The zero-order chi connectivity index (χ0) is 32.8. The van der Waals surface area contributed by atoms with Gasteiger partial charge in [-0.3, -0.25) is 0 Å². The number of benzene rings is 8. The third kappa shape index (κ3) is 4.13. The summed E-state index contributed by atoms with van der Waals surface area (Å²) in [6.45, 7) is 0. The molecule has 0 saturated heterocycles. The molecule has 0 saturated carbocycles. The monoisotopic (exact) mass is 672 g/mol. The van der Waals surface area contributed by atoms with Crippen LogP contribution in [0, 0.1) is 0 Å². The Morgan fingerprint density at radius 3 is 1.88 bits per heavy atom. The summed E-state index contributed by atoms with van der Waals surface area (Å²) in [6.07, 6.45) is 0. The molecule has 0 spiro atoms. The van der Waals surface area contributed by atoms with Gasteiger partial charge < -0.3 is 9.47 Å². The largest absolute Gasteiger partial charge is 0.310 e. The third-order valence-corrected chi connectivity index (χ3v) is 12.4. The van der Waals surface area contributed by atoms with Crippen LogP contribution in [-0.4, -0.2) is 4.57 Å². The molecule has 0 N–H and O–H groups in total. The van der Waals surface area contributed by atoms with Crippen LogP contribution in [0.15, 0.2) is 170 Å². The third-order valence-electron chi connectivity index (χ3n) is 10.2. The van der Waals surface area contributed by atoms with Crippen molar-refractivity contribution < 1.29 is 0 Å². The molecule has 3 heterocycles. The Morgan fingerprint density at radius 2 is 0.980 bits per heavy atom. The highest BCUT2D eigenvalue weighted by Gasteiger charge is 2.20. The van der Waals surface area contributed by atoms with Gasteiger partial charge in [-0.25, -0.2) is 0 Å². The van der Waals surface area contributed by atoms with Crippen molar-refractivity contribution in [3.8, 4) is 5.69 Å². The van der Waals surface area contributed by atoms with Gasteiger partial charge in [0.15, 0.2) is 0 Å². The Bertz CT molecular complexity index is 3110. The quantitative estimate of drug-likeness (QED) is 0.181. The van der Waals surface area contributed by atoms with Crippen molar-refractivity contribution in [2.45, 2.75) is 0 Å². The summed E-state index contributed by atoms with van der Waals surface area (Å²) >= 11 is 3.74. The molecule has 3 aromatic heterocycles. The van der Waals surface area contributed by atoms with Gasteiger partial charge in [-0.05, 0) is 83.6 Å². The minimum Gasteiger partial charge on any atom is -0.310 e. The van der Waals surface area contributed by atoms with Crippen molar-refractivity contribution in [1.29, 1.82) is 0 Å². The standard InChI is InChI=1S/C46H28N2S2/c1-2-11-30(12-3-1)48-40-16-8-6-14-35(40)36-22-19-32(27-41(36)48)47(31-21-25-43-39(26-31)37-15-7-9-17-42(37)49-43)33-20-23-38-45(28-33)50-44-24-18-29-10-4-5-13-34(29)46(38)44/h1-28H. The van der Waals surface area contributed by atoms with E-state index >= 15 is 0 Å². The first-order valence-corrected chi connectivity index (χ1v) is 18.6. The topological polar surface area (TPSA) is 8.17 Å². The molecule has 234 valence electrons. The van der Waals surface area contributed by atoms with Crippen LogP contribution in [0.5, 0.6) is 0 Å². The van der Waals surface area contributed by atoms with Crippen LogP contribution >= 0.6 is 22.7 Å². The van der Waals surface area contributed by atoms with Crippen LogP contribution in [-0.2, 0) is 0 Å². The fourth-order valence-electron chi connectivity index (χ4n) is 7.93. The highest BCUT2D eigenvalue weighted by molar-refractivity contribution is 7.26. The maximum absolute atomic E-state index is 2.44. The molecule has 0 bridgehead atoms. The number of para-hydroxylation sites is 2. The summed E-state index contributed by atoms with van der Waals surface area (Å²) in [4.78, 5) is 2.44. The number of anilines is 3. The summed E-state index contributed by atoms with van der Waals surface area (Å²) in [5.41, 5.74) is 6.98. The minimum absolute atomic E-state index is 1.13. The van der Waals surface area contributed by atoms with E-state index in [4.69, 9.17) is 0 Å². The van der Waals surface area contributed by atoms with Gasteiger partial charge in [0.05, 0.1) is 11.0 Å². The smallest absolute Gasteiger partial charge is 0.0561 e. The second-order valence-corrected chi connectivity index (χ2v) is 15.1. The van der Waals surface area contributed by atoms with E-state index in [1.165, 1.54) is 72.9 Å². The van der Waals surface area contributed by atoms with Gasteiger partial charge in [0.1, 0.15) is 0 Å². The van der Waals surface area contributed by atoms with Crippen LogP contribution < -0.4 is 4.90 Å². The zero-order valence-corrected chi connectivity index (χ0v) is 28.5. The van der Waals surface area contributed by atoms with Gasteiger partial charge in [-0.15, -0.1) is 22.7 Å². The number of hydrogen-bond donors (Lipinski definition) is 0. The SMILES string of the molecule is c1ccc(-n2c3ccccc3c3ccc(N(c4ccc5c(c4)sc4ccc6ccccc6c45)c4ccc5sc6ccccc6c5c4)cc32)cc1. The van der Waals surface area contributed by atoms with E-state index in [1.807, 2.05) is 22.7 Å². The van der Waals surface area contributed by atoms with Gasteiger partial charge in [0.25, 0.3) is 0 Å². The summed E-state index contributed by atoms with van der Waals surface area (Å²) in [5, 5.41) is 10.4. The number of rotatable bonds is 4. The van der Waals surface area contributed by atoms with Crippen molar-refractivity contribution in [2.24, 2.45) is 0 Å². The first kappa shape index (κ1) is 28.0. The van der Waals surface area contributed by atoms with Crippen LogP contribution in [0.4, 0.5) is 17.1 Å². The zero-order valence-electron chi connectivity index (χ0n) is 26.9. The normalized spacial score (nSPS) is 12.0. The van der Waals surface area contributed by atoms with Gasteiger partial charge in [0, 0.05) is 73.9 Å². The lowest BCUT2D eigenvalue weighted by Gasteiger charge is -2.26. The summed E-state index contributed by atoms with van der Waals surface area (Å²) < 4.78 is 7.64. The van der Waals surface area contributed by atoms with Crippen LogP contribution in [0.25, 0.3) is 78.6 Å². The second-order valence-electron chi connectivity index (χ2n) is 12.9. The van der Waals surface area contributed by atoms with E-state index in [-0.39, 0.29) is 0 Å². The summed E-state index contributed by atoms with van der Waals surface area (Å²) in [7, 11) is 0. The number of thiophene rings is 2. The maximum atomic E-state index is 2.44. The van der Waals surface area contributed by atoms with Crippen LogP contribution in [0.1, 0.15) is 0 Å². The van der Waals surface area contributed by atoms with Crippen LogP contribution in [0.3, 0.4) is 0 Å². The number of fused-ring (bicyclic) bond motifs is 11. The molecular weight excluding hydrogens is 645 g/mol. The van der Waals surface area contributed by atoms with Crippen molar-refractivity contribution in [3.05, 3.63) is 170 Å². The van der Waals surface area contributed by atoms with Gasteiger partial charge in [0.2, 0.25) is 0 Å². The van der Waals surface area contributed by atoms with Crippen molar-refractivity contribution in [1.82, 2.24) is 4.57 Å². The minimum atomic E-state index is 1.13. The number of nitrogens with zero attached hydrogens (tertiary/aromatic N) is 2. The van der Waals surface area contributed by atoms with Gasteiger partial charge in [-0.1, -0.05) is 97.1 Å². The lowest BCUT2D eigenvalue weighted by atomic mass is 10.0. The Labute approximate surface area is 296 Å². The molecular formula is C46H28N2S2. The number of hydrogen-bond acceptors (Lipinski definition) is 3. The lowest BCUT2D eigenvalue weighted by molar-refractivity contribution is 1.18. The molecule has 0 unspecified atom stereocenters. The molecule has 50 heavy (non-hydrogen) atoms. The van der Waals surface area contributed by atoms with Crippen molar-refractivity contribution in [3.63, 3.8) is 0 Å². The molecule has 0 amide bonds. The highest BCUT2D eigenvalue weighted by atomic mass is 32.1. The van der Waals surface area contributed by atoms with E-state index in [1.54, 1.807) is 0 Å². The molecule has 0 radical (unpaired) electrons. The van der Waals surface area contributed by atoms with Crippen molar-refractivity contribution in [2.75, 3.05) is 4.90 Å². The first-order chi connectivity index (χ1) is 24.8. The number of aromatic nitrogens is 1. The molecule has 11 aromatic rings. The first-order valence-electron chi connectivity index (χ1n) is 16.9. The molecule has 11 rings (SSSR count). The average Bonchev–Trinajstić information content (AvgIpc) is 3.84. The molecule has 0 aliphatic carbocycles. The Hall–Kier alpha value is -5.94. The van der Waals surface area contributed by atoms with Crippen molar-refractivity contribution >= 4 is 113 Å². The van der Waals surface area contributed by atoms with Gasteiger partial charge in [-0.2, -0.15) is 0 Å². The second kappa shape index (κ2) is 10.8. The maximum Gasteiger partial charge on any atom is 0.0561 e. The molecule has 0 aliphatic rings. The fraction of sp³-hybridized carbons (Fsp3) is 0. The Kier molecular flexibility index (Phi) is 6.03. The molecule has 0 aliphatic heterocycles. The molecule has 4 heteroatoms. The van der Waals surface area contributed by atoms with E-state index in [0.29, 0.717) is 0 Å². The molecule has 8 aromatic carbocycles. The van der Waals surface area contributed by atoms with E-state index < -0.39 is 0 Å². The predicted molar refractivity (Wildman–Crippen MR) is 219 cm³/mol. The van der Waals surface area contributed by atoms with Crippen LogP contribution in [0.2, 0.25) is 0 Å². The molecule has 0 fully saturated rings.